The van der Waals surface area contributed by atoms with Gasteiger partial charge in [0.05, 0.1) is 5.56 Å². The van der Waals surface area contributed by atoms with Crippen molar-refractivity contribution in [1.29, 1.82) is 0 Å². The maximum atomic E-state index is 12.9. The highest BCUT2D eigenvalue weighted by Gasteiger charge is 2.30. The number of hydrogen-bond acceptors (Lipinski definition) is 3. The van der Waals surface area contributed by atoms with Crippen molar-refractivity contribution in [2.45, 2.75) is 19.1 Å². The summed E-state index contributed by atoms with van der Waals surface area (Å²) in [6, 6.07) is 14.1. The Labute approximate surface area is 191 Å². The van der Waals surface area contributed by atoms with Crippen LogP contribution in [0, 0.1) is 0 Å². The largest absolute Gasteiger partial charge is 0.416 e. The van der Waals surface area contributed by atoms with Gasteiger partial charge >= 0.3 is 6.18 Å². The van der Waals surface area contributed by atoms with Crippen molar-refractivity contribution in [1.82, 2.24) is 9.55 Å². The van der Waals surface area contributed by atoms with Crippen molar-refractivity contribution >= 4 is 34.0 Å². The Morgan fingerprint density at radius 2 is 1.72 bits per heavy atom. The number of alkyl halides is 3. The Morgan fingerprint density at radius 3 is 2.34 bits per heavy atom. The Morgan fingerprint density at radius 1 is 1.03 bits per heavy atom. The van der Waals surface area contributed by atoms with Crippen LogP contribution < -0.4 is 5.32 Å². The lowest BCUT2D eigenvalue weighted by Gasteiger charge is -2.11. The summed E-state index contributed by atoms with van der Waals surface area (Å²) in [6.45, 7) is 0.249. The first-order chi connectivity index (χ1) is 15.3. The molecule has 1 amide bonds. The first-order valence-corrected chi connectivity index (χ1v) is 10.8. The maximum absolute atomic E-state index is 12.9. The Balaban J connectivity index is 1.61. The van der Waals surface area contributed by atoms with Crippen molar-refractivity contribution in [3.05, 3.63) is 105 Å². The quantitative estimate of drug-likeness (QED) is 0.345. The van der Waals surface area contributed by atoms with E-state index in [1.54, 1.807) is 34.3 Å². The number of anilines is 1. The average Bonchev–Trinajstić information content (AvgIpc) is 3.39. The lowest BCUT2D eigenvalue weighted by atomic mass is 10.1. The molecule has 0 spiro atoms. The third-order valence-corrected chi connectivity index (χ3v) is 5.73. The third-order valence-electron chi connectivity index (χ3n) is 4.79. The fraction of sp³-hybridized carbons (Fsp3) is 0.130. The van der Waals surface area contributed by atoms with Crippen molar-refractivity contribution < 1.29 is 18.0 Å². The summed E-state index contributed by atoms with van der Waals surface area (Å²) in [4.78, 5) is 17.0. The molecule has 164 valence electrons. The lowest BCUT2D eigenvalue weighted by Crippen LogP contribution is -2.17. The highest BCUT2D eigenvalue weighted by Crippen LogP contribution is 2.29. The number of thiazole rings is 1. The van der Waals surface area contributed by atoms with Gasteiger partial charge < -0.3 is 4.57 Å². The van der Waals surface area contributed by atoms with Crippen LogP contribution in [0.25, 0.3) is 0 Å². The average molecular weight is 476 g/mol. The monoisotopic (exact) mass is 475 g/mol. The van der Waals surface area contributed by atoms with Crippen LogP contribution in [-0.2, 0) is 19.1 Å². The topological polar surface area (TPSA) is 46.9 Å². The van der Waals surface area contributed by atoms with E-state index in [2.05, 4.69) is 10.3 Å². The Bertz CT molecular complexity index is 1200. The molecular weight excluding hydrogens is 459 g/mol. The molecule has 1 N–H and O–H groups in total. The zero-order chi connectivity index (χ0) is 22.7. The molecule has 0 atom stereocenters. The number of aromatic nitrogens is 2. The zero-order valence-electron chi connectivity index (χ0n) is 16.6. The normalized spacial score (nSPS) is 11.5. The van der Waals surface area contributed by atoms with Gasteiger partial charge in [-0.2, -0.15) is 13.2 Å². The summed E-state index contributed by atoms with van der Waals surface area (Å²) in [5, 5.41) is 5.62. The fourth-order valence-corrected chi connectivity index (χ4v) is 3.92. The number of nitrogens with one attached hydrogen (secondary N) is 1. The minimum absolute atomic E-state index is 0.249. The van der Waals surface area contributed by atoms with Gasteiger partial charge in [0.1, 0.15) is 5.69 Å². The highest BCUT2D eigenvalue weighted by atomic mass is 35.5. The van der Waals surface area contributed by atoms with Crippen LogP contribution in [0.5, 0.6) is 0 Å². The predicted octanol–water partition coefficient (Wildman–Crippen LogP) is 6.51. The van der Waals surface area contributed by atoms with Crippen LogP contribution in [0.4, 0.5) is 18.3 Å². The van der Waals surface area contributed by atoms with Gasteiger partial charge in [-0.05, 0) is 53.4 Å². The van der Waals surface area contributed by atoms with Crippen LogP contribution in [0.15, 0.2) is 72.4 Å². The molecule has 4 nitrogen and oxygen atoms in total. The molecule has 0 radical (unpaired) electrons. The van der Waals surface area contributed by atoms with Crippen LogP contribution in [0.2, 0.25) is 5.02 Å². The molecule has 9 heteroatoms. The molecule has 0 saturated carbocycles. The molecule has 0 bridgehead atoms. The maximum Gasteiger partial charge on any atom is 0.416 e. The molecule has 0 unspecified atom stereocenters. The summed E-state index contributed by atoms with van der Waals surface area (Å²) < 4.78 is 40.3. The smallest absolute Gasteiger partial charge is 0.339 e. The first-order valence-electron chi connectivity index (χ1n) is 9.58. The first kappa shape index (κ1) is 22.1. The molecule has 32 heavy (non-hydrogen) atoms. The Kier molecular flexibility index (Phi) is 6.34. The summed E-state index contributed by atoms with van der Waals surface area (Å²) in [7, 11) is 0. The van der Waals surface area contributed by atoms with Crippen molar-refractivity contribution in [2.24, 2.45) is 0 Å². The number of halogens is 4. The second kappa shape index (κ2) is 9.18. The van der Waals surface area contributed by atoms with Gasteiger partial charge in [-0.1, -0.05) is 35.9 Å². The van der Waals surface area contributed by atoms with Gasteiger partial charge in [0, 0.05) is 29.3 Å². The van der Waals surface area contributed by atoms with E-state index < -0.39 is 11.7 Å². The van der Waals surface area contributed by atoms with Gasteiger partial charge in [0.2, 0.25) is 0 Å². The number of carbonyl (C=O) groups is 1. The summed E-state index contributed by atoms with van der Waals surface area (Å²) >= 11 is 7.25. The Hall–Kier alpha value is -3.10. The molecule has 2 aromatic carbocycles. The van der Waals surface area contributed by atoms with E-state index in [-0.39, 0.29) is 12.5 Å². The minimum Gasteiger partial charge on any atom is -0.339 e. The minimum atomic E-state index is -4.39. The van der Waals surface area contributed by atoms with Gasteiger partial charge in [-0.3, -0.25) is 10.1 Å². The van der Waals surface area contributed by atoms with Crippen molar-refractivity contribution in [2.75, 3.05) is 5.32 Å². The van der Waals surface area contributed by atoms with Crippen LogP contribution in [0.3, 0.4) is 0 Å². The van der Waals surface area contributed by atoms with Crippen LogP contribution in [-0.4, -0.2) is 15.5 Å². The molecule has 2 heterocycles. The lowest BCUT2D eigenvalue weighted by molar-refractivity contribution is -0.137. The molecule has 0 aliphatic carbocycles. The predicted molar refractivity (Wildman–Crippen MR) is 119 cm³/mol. The number of nitrogens with zero attached hydrogens (tertiary/aromatic N) is 2. The van der Waals surface area contributed by atoms with E-state index in [4.69, 9.17) is 11.6 Å². The van der Waals surface area contributed by atoms with Gasteiger partial charge in [-0.15, -0.1) is 11.3 Å². The van der Waals surface area contributed by atoms with Crippen LogP contribution >= 0.6 is 22.9 Å². The molecule has 0 aliphatic rings. The second-order valence-electron chi connectivity index (χ2n) is 7.15. The van der Waals surface area contributed by atoms with E-state index in [1.165, 1.54) is 23.5 Å². The molecule has 0 fully saturated rings. The molecule has 0 saturated heterocycles. The SMILES string of the molecule is O=C(Nc1nccs1)c1cc(Cc2ccc(Cl)cc2)cn1Cc1ccc(C(F)(F)F)cc1. The van der Waals surface area contributed by atoms with E-state index in [9.17, 15) is 18.0 Å². The number of amides is 1. The number of hydrogen-bond donors (Lipinski definition) is 1. The van der Waals surface area contributed by atoms with E-state index in [1.807, 2.05) is 18.3 Å². The third kappa shape index (κ3) is 5.38. The van der Waals surface area contributed by atoms with Gasteiger partial charge in [0.15, 0.2) is 5.13 Å². The van der Waals surface area contributed by atoms with Gasteiger partial charge in [0.25, 0.3) is 5.91 Å². The molecule has 0 aliphatic heterocycles. The molecular formula is C23H17ClF3N3OS. The number of benzene rings is 2. The zero-order valence-corrected chi connectivity index (χ0v) is 18.1. The van der Waals surface area contributed by atoms with Crippen LogP contribution in [0.1, 0.15) is 32.7 Å². The second-order valence-corrected chi connectivity index (χ2v) is 8.48. The standard InChI is InChI=1S/C23H17ClF3N3OS/c24-19-7-3-15(4-8-19)11-17-12-20(21(31)29-22-28-9-10-32-22)30(14-17)13-16-1-5-18(6-2-16)23(25,26)27/h1-10,12,14H,11,13H2,(H,28,29,31). The molecule has 4 aromatic rings. The van der Waals surface area contributed by atoms with Crippen molar-refractivity contribution in [3.8, 4) is 0 Å². The van der Waals surface area contributed by atoms with Gasteiger partial charge in [-0.25, -0.2) is 4.98 Å². The summed E-state index contributed by atoms with van der Waals surface area (Å²) in [5.74, 6) is -0.339. The number of rotatable bonds is 6. The highest BCUT2D eigenvalue weighted by molar-refractivity contribution is 7.13. The van der Waals surface area contributed by atoms with E-state index >= 15 is 0 Å². The molecule has 4 rings (SSSR count). The van der Waals surface area contributed by atoms with E-state index in [0.717, 1.165) is 23.3 Å². The summed E-state index contributed by atoms with van der Waals surface area (Å²) in [6.07, 6.45) is -0.387. The van der Waals surface area contributed by atoms with E-state index in [0.29, 0.717) is 27.8 Å². The fourth-order valence-electron chi connectivity index (χ4n) is 3.27. The summed E-state index contributed by atoms with van der Waals surface area (Å²) in [5.41, 5.74) is 2.24. The number of carbonyl (C=O) groups excluding carboxylic acids is 1. The van der Waals surface area contributed by atoms with Crippen molar-refractivity contribution in [3.63, 3.8) is 0 Å². The molecule has 2 aromatic heterocycles.